The van der Waals surface area contributed by atoms with Crippen molar-refractivity contribution in [2.75, 3.05) is 24.2 Å². The molecule has 4 nitrogen and oxygen atoms in total. The normalized spacial score (nSPS) is 13.7. The first kappa shape index (κ1) is 18.5. The third-order valence-electron chi connectivity index (χ3n) is 4.58. The number of nitrogens with zero attached hydrogens (tertiary/aromatic N) is 1. The molecule has 0 aliphatic carbocycles. The van der Waals surface area contributed by atoms with E-state index >= 15 is 0 Å². The predicted octanol–water partition coefficient (Wildman–Crippen LogP) is 4.10. The Balaban J connectivity index is 1.57. The molecule has 136 valence electrons. The molecule has 3 rings (SSSR count). The Labute approximate surface area is 159 Å². The number of hydrogen-bond donors (Lipinski definition) is 1. The maximum Gasteiger partial charge on any atom is 0.255 e. The van der Waals surface area contributed by atoms with E-state index in [0.29, 0.717) is 17.0 Å². The van der Waals surface area contributed by atoms with E-state index in [4.69, 9.17) is 0 Å². The molecule has 0 saturated carbocycles. The van der Waals surface area contributed by atoms with Crippen LogP contribution >= 0.6 is 11.8 Å². The predicted molar refractivity (Wildman–Crippen MR) is 108 cm³/mol. The quantitative estimate of drug-likeness (QED) is 0.835. The van der Waals surface area contributed by atoms with Gasteiger partial charge in [0.25, 0.3) is 5.91 Å². The molecule has 1 fully saturated rings. The zero-order valence-electron chi connectivity index (χ0n) is 15.0. The molecule has 1 aliphatic rings. The molecular formula is C21H24N2O2S. The highest BCUT2D eigenvalue weighted by Crippen LogP contribution is 2.21. The minimum Gasteiger partial charge on any atom is -0.339 e. The fourth-order valence-corrected chi connectivity index (χ4v) is 3.98. The van der Waals surface area contributed by atoms with E-state index in [2.05, 4.69) is 24.4 Å². The Morgan fingerprint density at radius 3 is 2.50 bits per heavy atom. The summed E-state index contributed by atoms with van der Waals surface area (Å²) in [7, 11) is 0. The van der Waals surface area contributed by atoms with E-state index in [-0.39, 0.29) is 11.8 Å². The van der Waals surface area contributed by atoms with Crippen molar-refractivity contribution in [2.24, 2.45) is 0 Å². The van der Waals surface area contributed by atoms with Crippen LogP contribution in [0.3, 0.4) is 0 Å². The van der Waals surface area contributed by atoms with Gasteiger partial charge in [0, 0.05) is 18.8 Å². The van der Waals surface area contributed by atoms with E-state index in [0.717, 1.165) is 31.7 Å². The van der Waals surface area contributed by atoms with Gasteiger partial charge in [0.2, 0.25) is 5.91 Å². The smallest absolute Gasteiger partial charge is 0.255 e. The van der Waals surface area contributed by atoms with Gasteiger partial charge in [-0.1, -0.05) is 36.4 Å². The highest BCUT2D eigenvalue weighted by Gasteiger charge is 2.22. The lowest BCUT2D eigenvalue weighted by atomic mass is 10.1. The monoisotopic (exact) mass is 368 g/mol. The van der Waals surface area contributed by atoms with Crippen LogP contribution in [0.1, 0.15) is 34.3 Å². The average Bonchev–Trinajstić information content (AvgIpc) is 3.18. The van der Waals surface area contributed by atoms with E-state index < -0.39 is 0 Å². The highest BCUT2D eigenvalue weighted by atomic mass is 32.2. The van der Waals surface area contributed by atoms with Gasteiger partial charge in [-0.2, -0.15) is 0 Å². The van der Waals surface area contributed by atoms with Crippen molar-refractivity contribution < 1.29 is 9.59 Å². The number of para-hydroxylation sites is 1. The summed E-state index contributed by atoms with van der Waals surface area (Å²) in [4.78, 5) is 26.8. The Kier molecular flexibility index (Phi) is 6.34. The third kappa shape index (κ3) is 4.67. The Hall–Kier alpha value is -2.27. The van der Waals surface area contributed by atoms with E-state index in [1.165, 1.54) is 11.1 Å². The summed E-state index contributed by atoms with van der Waals surface area (Å²) in [5, 5.41) is 2.91. The number of carbonyl (C=O) groups excluding carboxylic acids is 2. The summed E-state index contributed by atoms with van der Waals surface area (Å²) in [6.45, 7) is 3.68. The second-order valence-corrected chi connectivity index (χ2v) is 7.50. The Bertz CT molecular complexity index is 785. The second-order valence-electron chi connectivity index (χ2n) is 6.51. The fourth-order valence-electron chi connectivity index (χ4n) is 3.08. The zero-order valence-corrected chi connectivity index (χ0v) is 15.8. The summed E-state index contributed by atoms with van der Waals surface area (Å²) >= 11 is 1.58. The molecule has 0 bridgehead atoms. The van der Waals surface area contributed by atoms with Crippen LogP contribution in [0.2, 0.25) is 0 Å². The van der Waals surface area contributed by atoms with Crippen molar-refractivity contribution in [2.45, 2.75) is 25.5 Å². The van der Waals surface area contributed by atoms with Crippen molar-refractivity contribution in [1.82, 2.24) is 4.90 Å². The average molecular weight is 369 g/mol. The van der Waals surface area contributed by atoms with Gasteiger partial charge in [0.05, 0.1) is 17.0 Å². The molecule has 0 unspecified atom stereocenters. The Morgan fingerprint density at radius 2 is 1.73 bits per heavy atom. The molecule has 2 amide bonds. The number of benzene rings is 2. The van der Waals surface area contributed by atoms with Gasteiger partial charge in [-0.25, -0.2) is 0 Å². The molecule has 26 heavy (non-hydrogen) atoms. The number of anilines is 1. The van der Waals surface area contributed by atoms with Gasteiger partial charge in [0.1, 0.15) is 0 Å². The van der Waals surface area contributed by atoms with Crippen LogP contribution in [0.5, 0.6) is 0 Å². The van der Waals surface area contributed by atoms with Crippen LogP contribution in [0, 0.1) is 6.92 Å². The van der Waals surface area contributed by atoms with E-state index in [9.17, 15) is 9.59 Å². The maximum atomic E-state index is 12.7. The van der Waals surface area contributed by atoms with Gasteiger partial charge in [-0.15, -0.1) is 11.8 Å². The zero-order chi connectivity index (χ0) is 18.4. The number of likely N-dealkylation sites (tertiary alicyclic amines) is 1. The number of carbonyl (C=O) groups is 2. The van der Waals surface area contributed by atoms with Gasteiger partial charge >= 0.3 is 0 Å². The van der Waals surface area contributed by atoms with Gasteiger partial charge < -0.3 is 10.2 Å². The molecule has 1 saturated heterocycles. The molecule has 5 heteroatoms. The standard InChI is InChI=1S/C21H24N2O2S/c1-16-8-2-3-9-17(16)14-26-15-20(24)22-19-11-5-4-10-18(19)21(25)23-12-6-7-13-23/h2-5,8-11H,6-7,12-15H2,1H3,(H,22,24). The number of thioether (sulfide) groups is 1. The van der Waals surface area contributed by atoms with Crippen molar-refractivity contribution in [3.8, 4) is 0 Å². The van der Waals surface area contributed by atoms with Crippen LogP contribution in [0.15, 0.2) is 48.5 Å². The molecule has 0 radical (unpaired) electrons. The molecule has 1 heterocycles. The highest BCUT2D eigenvalue weighted by molar-refractivity contribution is 7.99. The molecule has 0 aromatic heterocycles. The number of rotatable bonds is 6. The third-order valence-corrected chi connectivity index (χ3v) is 5.56. The summed E-state index contributed by atoms with van der Waals surface area (Å²) in [6.07, 6.45) is 2.10. The van der Waals surface area contributed by atoms with Crippen molar-refractivity contribution in [3.05, 3.63) is 65.2 Å². The van der Waals surface area contributed by atoms with Crippen molar-refractivity contribution in [3.63, 3.8) is 0 Å². The number of aryl methyl sites for hydroxylation is 1. The van der Waals surface area contributed by atoms with E-state index in [1.54, 1.807) is 23.9 Å². The van der Waals surface area contributed by atoms with Gasteiger partial charge in [0.15, 0.2) is 0 Å². The fraction of sp³-hybridized carbons (Fsp3) is 0.333. The summed E-state index contributed by atoms with van der Waals surface area (Å²) in [6, 6.07) is 15.5. The summed E-state index contributed by atoms with van der Waals surface area (Å²) in [5.41, 5.74) is 3.66. The molecule has 0 atom stereocenters. The van der Waals surface area contributed by atoms with Crippen molar-refractivity contribution >= 4 is 29.3 Å². The minimum absolute atomic E-state index is 0.00552. The first-order valence-electron chi connectivity index (χ1n) is 8.95. The lowest BCUT2D eigenvalue weighted by Gasteiger charge is -2.18. The van der Waals surface area contributed by atoms with Crippen LogP contribution in [0.4, 0.5) is 5.69 Å². The van der Waals surface area contributed by atoms with Crippen LogP contribution in [-0.4, -0.2) is 35.6 Å². The molecule has 2 aromatic carbocycles. The maximum absolute atomic E-state index is 12.7. The first-order valence-corrected chi connectivity index (χ1v) is 10.1. The minimum atomic E-state index is -0.0785. The lowest BCUT2D eigenvalue weighted by Crippen LogP contribution is -2.29. The topological polar surface area (TPSA) is 49.4 Å². The van der Waals surface area contributed by atoms with Crippen LogP contribution < -0.4 is 5.32 Å². The molecule has 2 aromatic rings. The molecule has 1 aliphatic heterocycles. The number of hydrogen-bond acceptors (Lipinski definition) is 3. The summed E-state index contributed by atoms with van der Waals surface area (Å²) in [5.74, 6) is 1.09. The Morgan fingerprint density at radius 1 is 1.04 bits per heavy atom. The van der Waals surface area contributed by atoms with Crippen LogP contribution in [0.25, 0.3) is 0 Å². The molecule has 1 N–H and O–H groups in total. The lowest BCUT2D eigenvalue weighted by molar-refractivity contribution is -0.113. The molecule has 0 spiro atoms. The largest absolute Gasteiger partial charge is 0.339 e. The SMILES string of the molecule is Cc1ccccc1CSCC(=O)Nc1ccccc1C(=O)N1CCCC1. The van der Waals surface area contributed by atoms with Crippen LogP contribution in [-0.2, 0) is 10.5 Å². The van der Waals surface area contributed by atoms with Crippen molar-refractivity contribution in [1.29, 1.82) is 0 Å². The van der Waals surface area contributed by atoms with Gasteiger partial charge in [-0.05, 0) is 43.0 Å². The van der Waals surface area contributed by atoms with E-state index in [1.807, 2.05) is 29.2 Å². The molecular weight excluding hydrogens is 344 g/mol. The van der Waals surface area contributed by atoms with Gasteiger partial charge in [-0.3, -0.25) is 9.59 Å². The number of amides is 2. The summed E-state index contributed by atoms with van der Waals surface area (Å²) < 4.78 is 0. The first-order chi connectivity index (χ1) is 12.6. The second kappa shape index (κ2) is 8.90. The number of nitrogens with one attached hydrogen (secondary N) is 1.